The molecule has 2 atom stereocenters. The van der Waals surface area contributed by atoms with Gasteiger partial charge >= 0.3 is 0 Å². The van der Waals surface area contributed by atoms with Gasteiger partial charge in [-0.2, -0.15) is 0 Å². The molecule has 1 amide bonds. The van der Waals surface area contributed by atoms with E-state index in [1.54, 1.807) is 18.7 Å². The van der Waals surface area contributed by atoms with Crippen LogP contribution in [0.4, 0.5) is 0 Å². The molecular weight excluding hydrogens is 442 g/mol. The lowest BCUT2D eigenvalue weighted by atomic mass is 9.85. The number of benzene rings is 2. The third kappa shape index (κ3) is 3.66. The Morgan fingerprint density at radius 1 is 1.23 bits per heavy atom. The number of amides is 1. The first-order chi connectivity index (χ1) is 14.6. The van der Waals surface area contributed by atoms with Crippen LogP contribution in [-0.4, -0.2) is 49.7 Å². The van der Waals surface area contributed by atoms with Crippen LogP contribution < -0.4 is 9.47 Å². The van der Waals surface area contributed by atoms with Gasteiger partial charge in [0, 0.05) is 29.6 Å². The first kappa shape index (κ1) is 21.9. The summed E-state index contributed by atoms with van der Waals surface area (Å²) in [5, 5.41) is 11.5. The van der Waals surface area contributed by atoms with Crippen LogP contribution in [0.3, 0.4) is 0 Å². The van der Waals surface area contributed by atoms with E-state index < -0.39 is 27.6 Å². The highest BCUT2D eigenvalue weighted by Crippen LogP contribution is 2.47. The molecule has 2 aromatic rings. The van der Waals surface area contributed by atoms with Gasteiger partial charge in [-0.1, -0.05) is 11.6 Å². The highest BCUT2D eigenvalue weighted by atomic mass is 35.5. The zero-order valence-electron chi connectivity index (χ0n) is 17.5. The molecule has 1 fully saturated rings. The molecular formula is C22H24ClNO6S. The lowest BCUT2D eigenvalue weighted by molar-refractivity contribution is -0.139. The van der Waals surface area contributed by atoms with Crippen LogP contribution >= 0.6 is 11.6 Å². The Morgan fingerprint density at radius 3 is 2.48 bits per heavy atom. The van der Waals surface area contributed by atoms with Crippen LogP contribution in [0.15, 0.2) is 46.2 Å². The number of aliphatic hydroxyl groups excluding tert-OH is 1. The normalized spacial score (nSPS) is 22.7. The number of halogens is 1. The predicted molar refractivity (Wildman–Crippen MR) is 114 cm³/mol. The number of hydrogen-bond donors (Lipinski definition) is 1. The molecule has 166 valence electrons. The predicted octanol–water partition coefficient (Wildman–Crippen LogP) is 3.38. The van der Waals surface area contributed by atoms with Gasteiger partial charge < -0.3 is 19.5 Å². The summed E-state index contributed by atoms with van der Waals surface area (Å²) in [6.45, 7) is 3.96. The van der Waals surface area contributed by atoms with Crippen LogP contribution in [-0.2, 0) is 14.6 Å². The molecule has 2 aromatic carbocycles. The van der Waals surface area contributed by atoms with Gasteiger partial charge in [0.25, 0.3) is 0 Å². The molecule has 0 saturated carbocycles. The van der Waals surface area contributed by atoms with Gasteiger partial charge in [-0.15, -0.1) is 0 Å². The van der Waals surface area contributed by atoms with Crippen LogP contribution in [0, 0.1) is 0 Å². The van der Waals surface area contributed by atoms with E-state index in [0.717, 1.165) is 0 Å². The van der Waals surface area contributed by atoms with Gasteiger partial charge in [-0.05, 0) is 50.6 Å². The molecule has 4 rings (SSSR count). The second kappa shape index (κ2) is 7.69. The summed E-state index contributed by atoms with van der Waals surface area (Å²) in [5.74, 6) is 0.421. The molecule has 31 heavy (non-hydrogen) atoms. The maximum absolute atomic E-state index is 13.4. The van der Waals surface area contributed by atoms with E-state index in [0.29, 0.717) is 35.7 Å². The molecule has 2 aliphatic heterocycles. The number of ether oxygens (including phenoxy) is 2. The SMILES string of the molecule is COc1cc2c(cc1S(=O)(=O)c1ccc(Cl)cc1)[C@H](N1CCCC1=O)[C@@H](O)C(C)(C)O2. The van der Waals surface area contributed by atoms with E-state index in [1.807, 2.05) is 0 Å². The monoisotopic (exact) mass is 465 g/mol. The number of carbonyl (C=O) groups excluding carboxylic acids is 1. The van der Waals surface area contributed by atoms with E-state index in [4.69, 9.17) is 21.1 Å². The average Bonchev–Trinajstić information content (AvgIpc) is 3.13. The Morgan fingerprint density at radius 2 is 1.90 bits per heavy atom. The maximum atomic E-state index is 13.4. The fraction of sp³-hybridized carbons (Fsp3) is 0.409. The molecule has 0 aromatic heterocycles. The second-order valence-electron chi connectivity index (χ2n) is 8.28. The van der Waals surface area contributed by atoms with Crippen LogP contribution in [0.5, 0.6) is 11.5 Å². The number of methoxy groups -OCH3 is 1. The van der Waals surface area contributed by atoms with E-state index >= 15 is 0 Å². The summed E-state index contributed by atoms with van der Waals surface area (Å²) < 4.78 is 38.2. The number of aliphatic hydroxyl groups is 1. The minimum absolute atomic E-state index is 0.0570. The van der Waals surface area contributed by atoms with Crippen molar-refractivity contribution in [3.63, 3.8) is 0 Å². The third-order valence-electron chi connectivity index (χ3n) is 5.86. The van der Waals surface area contributed by atoms with Crippen molar-refractivity contribution in [2.24, 2.45) is 0 Å². The summed E-state index contributed by atoms with van der Waals surface area (Å²) in [6.07, 6.45) is 0.0398. The molecule has 2 heterocycles. The Bertz CT molecular complexity index is 1130. The van der Waals surface area contributed by atoms with Crippen molar-refractivity contribution in [1.29, 1.82) is 0 Å². The number of nitrogens with zero attached hydrogens (tertiary/aromatic N) is 1. The summed E-state index contributed by atoms with van der Waals surface area (Å²) >= 11 is 5.91. The van der Waals surface area contributed by atoms with Crippen molar-refractivity contribution in [2.75, 3.05) is 13.7 Å². The Balaban J connectivity index is 1.92. The Hall–Kier alpha value is -2.29. The standard InChI is InChI=1S/C22H24ClNO6S/c1-22(2)21(26)20(24-10-4-5-19(24)25)15-11-18(17(29-3)12-16(15)30-22)31(27,28)14-8-6-13(23)7-9-14/h6-9,11-12,20-21,26H,4-5,10H2,1-3H3/t20-,21+/m0/s1. The third-order valence-corrected chi connectivity index (χ3v) is 7.90. The van der Waals surface area contributed by atoms with E-state index in [2.05, 4.69) is 0 Å². The molecule has 0 spiro atoms. The van der Waals surface area contributed by atoms with Crippen molar-refractivity contribution in [2.45, 2.75) is 54.2 Å². The lowest BCUT2D eigenvalue weighted by Gasteiger charge is -2.45. The molecule has 9 heteroatoms. The van der Waals surface area contributed by atoms with E-state index in [-0.39, 0.29) is 21.4 Å². The highest BCUT2D eigenvalue weighted by Gasteiger charge is 2.48. The van der Waals surface area contributed by atoms with Crippen LogP contribution in [0.2, 0.25) is 5.02 Å². The summed E-state index contributed by atoms with van der Waals surface area (Å²) in [4.78, 5) is 14.1. The molecule has 7 nitrogen and oxygen atoms in total. The first-order valence-corrected chi connectivity index (χ1v) is 11.8. The first-order valence-electron chi connectivity index (χ1n) is 9.95. The number of fused-ring (bicyclic) bond motifs is 1. The maximum Gasteiger partial charge on any atom is 0.223 e. The molecule has 2 aliphatic rings. The van der Waals surface area contributed by atoms with Crippen molar-refractivity contribution < 1.29 is 27.8 Å². The van der Waals surface area contributed by atoms with Crippen molar-refractivity contribution in [1.82, 2.24) is 4.90 Å². The zero-order chi connectivity index (χ0) is 22.6. The van der Waals surface area contributed by atoms with Gasteiger partial charge in [0.05, 0.1) is 18.0 Å². The summed E-state index contributed by atoms with van der Waals surface area (Å²) in [5.41, 5.74) is -0.544. The van der Waals surface area contributed by atoms with Gasteiger partial charge in [0.1, 0.15) is 28.1 Å². The smallest absolute Gasteiger partial charge is 0.223 e. The molecule has 1 N–H and O–H groups in total. The van der Waals surface area contributed by atoms with Gasteiger partial charge in [0.15, 0.2) is 0 Å². The lowest BCUT2D eigenvalue weighted by Crippen LogP contribution is -2.53. The van der Waals surface area contributed by atoms with Crippen molar-refractivity contribution in [3.05, 3.63) is 47.0 Å². The number of carbonyl (C=O) groups is 1. The molecule has 0 aliphatic carbocycles. The average molecular weight is 466 g/mol. The van der Waals surface area contributed by atoms with Gasteiger partial charge in [0.2, 0.25) is 15.7 Å². The second-order valence-corrected chi connectivity index (χ2v) is 10.6. The van der Waals surface area contributed by atoms with E-state index in [1.165, 1.54) is 43.5 Å². The van der Waals surface area contributed by atoms with Crippen molar-refractivity contribution in [3.8, 4) is 11.5 Å². The number of sulfone groups is 1. The quantitative estimate of drug-likeness (QED) is 0.744. The highest BCUT2D eigenvalue weighted by molar-refractivity contribution is 7.91. The van der Waals surface area contributed by atoms with Crippen molar-refractivity contribution >= 4 is 27.3 Å². The molecule has 0 bridgehead atoms. The fourth-order valence-electron chi connectivity index (χ4n) is 4.18. The zero-order valence-corrected chi connectivity index (χ0v) is 19.0. The minimum atomic E-state index is -3.96. The topological polar surface area (TPSA) is 93.1 Å². The largest absolute Gasteiger partial charge is 0.495 e. The van der Waals surface area contributed by atoms with Gasteiger partial charge in [-0.3, -0.25) is 4.79 Å². The number of likely N-dealkylation sites (tertiary alicyclic amines) is 1. The minimum Gasteiger partial charge on any atom is -0.495 e. The van der Waals surface area contributed by atoms with Crippen LogP contribution in [0.1, 0.15) is 38.3 Å². The summed E-state index contributed by atoms with van der Waals surface area (Å²) in [6, 6.07) is 8.09. The van der Waals surface area contributed by atoms with E-state index in [9.17, 15) is 18.3 Å². The van der Waals surface area contributed by atoms with Crippen LogP contribution in [0.25, 0.3) is 0 Å². The number of rotatable bonds is 4. The fourth-order valence-corrected chi connectivity index (χ4v) is 5.75. The number of hydrogen-bond acceptors (Lipinski definition) is 6. The Kier molecular flexibility index (Phi) is 5.44. The van der Waals surface area contributed by atoms with Gasteiger partial charge in [-0.25, -0.2) is 8.42 Å². The Labute approximate surface area is 186 Å². The molecule has 0 unspecified atom stereocenters. The molecule has 1 saturated heterocycles. The molecule has 0 radical (unpaired) electrons. The summed E-state index contributed by atoms with van der Waals surface area (Å²) in [7, 11) is -2.58.